The molecule has 0 radical (unpaired) electrons. The van der Waals surface area contributed by atoms with E-state index in [4.69, 9.17) is 14.9 Å². The maximum Gasteiger partial charge on any atom is 0.273 e. The first-order chi connectivity index (χ1) is 13.5. The fourth-order valence-corrected chi connectivity index (χ4v) is 2.48. The number of carbonyl (C=O) groups is 1. The van der Waals surface area contributed by atoms with Crippen LogP contribution in [0.2, 0.25) is 0 Å². The molecule has 2 rings (SSSR count). The van der Waals surface area contributed by atoms with Gasteiger partial charge in [0.15, 0.2) is 5.71 Å². The summed E-state index contributed by atoms with van der Waals surface area (Å²) in [5, 5.41) is 19.5. The highest BCUT2D eigenvalue weighted by Gasteiger charge is 2.19. The molecule has 0 aliphatic rings. The van der Waals surface area contributed by atoms with E-state index in [0.29, 0.717) is 22.5 Å². The normalized spacial score (nSPS) is 11.5. The molecular formula is C20H21N5O3. The van der Waals surface area contributed by atoms with Crippen LogP contribution in [0, 0.1) is 18.3 Å². The molecule has 8 nitrogen and oxygen atoms in total. The van der Waals surface area contributed by atoms with Gasteiger partial charge in [-0.25, -0.2) is 0 Å². The van der Waals surface area contributed by atoms with Crippen molar-refractivity contribution in [3.63, 3.8) is 0 Å². The standard InChI is InChI=1S/C20H21N5O3/c1-13-6-5-7-16(19(25-27-4)20(26)22-3)17(13)12-28-24-14(2)18-10-15(11-21)8-9-23-18/h5-10H,12H2,1-4H3,(H,22,26)/b24-14+,25-19+. The predicted molar refractivity (Wildman–Crippen MR) is 105 cm³/mol. The number of benzene rings is 1. The van der Waals surface area contributed by atoms with Gasteiger partial charge in [0.25, 0.3) is 5.91 Å². The maximum absolute atomic E-state index is 12.2. The van der Waals surface area contributed by atoms with Gasteiger partial charge in [-0.15, -0.1) is 0 Å². The summed E-state index contributed by atoms with van der Waals surface area (Å²) in [5.41, 5.74) is 4.00. The number of aromatic nitrogens is 1. The van der Waals surface area contributed by atoms with Gasteiger partial charge in [0.1, 0.15) is 19.4 Å². The van der Waals surface area contributed by atoms with E-state index in [1.807, 2.05) is 19.1 Å². The van der Waals surface area contributed by atoms with Crippen molar-refractivity contribution >= 4 is 17.3 Å². The van der Waals surface area contributed by atoms with Gasteiger partial charge in [0, 0.05) is 24.4 Å². The van der Waals surface area contributed by atoms with E-state index < -0.39 is 0 Å². The van der Waals surface area contributed by atoms with Crippen molar-refractivity contribution in [1.29, 1.82) is 5.26 Å². The number of hydrogen-bond acceptors (Lipinski definition) is 7. The monoisotopic (exact) mass is 379 g/mol. The maximum atomic E-state index is 12.2. The van der Waals surface area contributed by atoms with E-state index >= 15 is 0 Å². The Balaban J connectivity index is 2.28. The number of nitrogens with one attached hydrogen (secondary N) is 1. The molecule has 0 fully saturated rings. The average molecular weight is 379 g/mol. The quantitative estimate of drug-likeness (QED) is 0.586. The Morgan fingerprint density at radius 3 is 2.79 bits per heavy atom. The molecule has 0 saturated heterocycles. The Kier molecular flexibility index (Phi) is 7.22. The minimum absolute atomic E-state index is 0.122. The van der Waals surface area contributed by atoms with Crippen molar-refractivity contribution in [2.45, 2.75) is 20.5 Å². The topological polar surface area (TPSA) is 109 Å². The van der Waals surface area contributed by atoms with Crippen molar-refractivity contribution < 1.29 is 14.5 Å². The van der Waals surface area contributed by atoms with Crippen molar-refractivity contribution in [1.82, 2.24) is 10.3 Å². The SMILES string of the molecule is CNC(=O)/C(=N/OC)c1cccc(C)c1CO/N=C(\C)c1cc(C#N)ccn1. The smallest absolute Gasteiger partial charge is 0.273 e. The average Bonchev–Trinajstić information content (AvgIpc) is 2.72. The van der Waals surface area contributed by atoms with Gasteiger partial charge in [-0.1, -0.05) is 28.5 Å². The number of nitrogens with zero attached hydrogens (tertiary/aromatic N) is 4. The Hall–Kier alpha value is -3.73. The van der Waals surface area contributed by atoms with Gasteiger partial charge in [0.2, 0.25) is 0 Å². The van der Waals surface area contributed by atoms with Gasteiger partial charge >= 0.3 is 0 Å². The molecule has 8 heteroatoms. The van der Waals surface area contributed by atoms with Crippen LogP contribution >= 0.6 is 0 Å². The minimum atomic E-state index is -0.370. The lowest BCUT2D eigenvalue weighted by Gasteiger charge is -2.13. The summed E-state index contributed by atoms with van der Waals surface area (Å²) in [6, 6.07) is 10.8. The molecule has 28 heavy (non-hydrogen) atoms. The Morgan fingerprint density at radius 1 is 1.32 bits per heavy atom. The van der Waals surface area contributed by atoms with Crippen LogP contribution in [0.4, 0.5) is 0 Å². The zero-order valence-electron chi connectivity index (χ0n) is 16.2. The molecule has 1 N–H and O–H groups in total. The number of aryl methyl sites for hydroxylation is 1. The number of amides is 1. The minimum Gasteiger partial charge on any atom is -0.398 e. The highest BCUT2D eigenvalue weighted by Crippen LogP contribution is 2.17. The Morgan fingerprint density at radius 2 is 2.11 bits per heavy atom. The van der Waals surface area contributed by atoms with Crippen LogP contribution in [0.25, 0.3) is 0 Å². The van der Waals surface area contributed by atoms with Gasteiger partial charge in [0.05, 0.1) is 17.3 Å². The molecule has 1 aromatic heterocycles. The van der Waals surface area contributed by atoms with E-state index in [1.165, 1.54) is 14.2 Å². The van der Waals surface area contributed by atoms with E-state index in [9.17, 15) is 4.79 Å². The van der Waals surface area contributed by atoms with Crippen LogP contribution in [-0.4, -0.2) is 36.5 Å². The lowest BCUT2D eigenvalue weighted by molar-refractivity contribution is -0.114. The lowest BCUT2D eigenvalue weighted by atomic mass is 9.98. The molecule has 0 aliphatic heterocycles. The molecule has 0 spiro atoms. The van der Waals surface area contributed by atoms with Crippen LogP contribution in [-0.2, 0) is 21.1 Å². The number of oxime groups is 2. The molecular weight excluding hydrogens is 358 g/mol. The van der Waals surface area contributed by atoms with Crippen molar-refractivity contribution in [3.05, 3.63) is 64.5 Å². The van der Waals surface area contributed by atoms with Crippen LogP contribution in [0.5, 0.6) is 0 Å². The van der Waals surface area contributed by atoms with Crippen molar-refractivity contribution in [2.24, 2.45) is 10.3 Å². The third-order valence-corrected chi connectivity index (χ3v) is 3.96. The van der Waals surface area contributed by atoms with Gasteiger partial charge in [-0.3, -0.25) is 9.78 Å². The van der Waals surface area contributed by atoms with Crippen LogP contribution in [0.15, 0.2) is 46.8 Å². The highest BCUT2D eigenvalue weighted by atomic mass is 16.6. The Bertz CT molecular complexity index is 961. The summed E-state index contributed by atoms with van der Waals surface area (Å²) in [7, 11) is 2.90. The Labute approximate surface area is 163 Å². The molecule has 0 saturated carbocycles. The number of rotatable bonds is 7. The third-order valence-electron chi connectivity index (χ3n) is 3.96. The van der Waals surface area contributed by atoms with E-state index in [2.05, 4.69) is 26.7 Å². The molecule has 0 unspecified atom stereocenters. The van der Waals surface area contributed by atoms with E-state index in [1.54, 1.807) is 31.3 Å². The number of likely N-dealkylation sites (N-methyl/N-ethyl adjacent to an activating group) is 1. The summed E-state index contributed by atoms with van der Waals surface area (Å²) in [4.78, 5) is 26.7. The van der Waals surface area contributed by atoms with Crippen LogP contribution < -0.4 is 5.32 Å². The van der Waals surface area contributed by atoms with E-state index in [0.717, 1.165) is 11.1 Å². The summed E-state index contributed by atoms with van der Waals surface area (Å²) in [6.45, 7) is 3.77. The van der Waals surface area contributed by atoms with Crippen LogP contribution in [0.3, 0.4) is 0 Å². The second kappa shape index (κ2) is 9.83. The molecule has 1 amide bonds. The summed E-state index contributed by atoms with van der Waals surface area (Å²) in [6.07, 6.45) is 1.54. The second-order valence-corrected chi connectivity index (χ2v) is 5.79. The van der Waals surface area contributed by atoms with Crippen molar-refractivity contribution in [3.8, 4) is 6.07 Å². The number of nitriles is 1. The molecule has 144 valence electrons. The third kappa shape index (κ3) is 4.92. The van der Waals surface area contributed by atoms with E-state index in [-0.39, 0.29) is 18.2 Å². The van der Waals surface area contributed by atoms with Gasteiger partial charge < -0.3 is 15.0 Å². The zero-order chi connectivity index (χ0) is 20.5. The van der Waals surface area contributed by atoms with Gasteiger partial charge in [-0.2, -0.15) is 5.26 Å². The van der Waals surface area contributed by atoms with Gasteiger partial charge in [-0.05, 0) is 31.5 Å². The molecule has 1 heterocycles. The summed E-state index contributed by atoms with van der Waals surface area (Å²) < 4.78 is 0. The highest BCUT2D eigenvalue weighted by molar-refractivity contribution is 6.45. The van der Waals surface area contributed by atoms with Crippen LogP contribution in [0.1, 0.15) is 34.9 Å². The second-order valence-electron chi connectivity index (χ2n) is 5.79. The molecule has 2 aromatic rings. The lowest BCUT2D eigenvalue weighted by Crippen LogP contribution is -2.29. The predicted octanol–water partition coefficient (Wildman–Crippen LogP) is 2.30. The molecule has 1 aromatic carbocycles. The number of pyridine rings is 1. The number of hydrogen-bond donors (Lipinski definition) is 1. The fourth-order valence-electron chi connectivity index (χ4n) is 2.48. The van der Waals surface area contributed by atoms with Crippen molar-refractivity contribution in [2.75, 3.05) is 14.2 Å². The largest absolute Gasteiger partial charge is 0.398 e. The molecule has 0 bridgehead atoms. The zero-order valence-corrected chi connectivity index (χ0v) is 16.2. The summed E-state index contributed by atoms with van der Waals surface area (Å²) >= 11 is 0. The summed E-state index contributed by atoms with van der Waals surface area (Å²) in [5.74, 6) is -0.370. The fraction of sp³-hybridized carbons (Fsp3) is 0.250. The number of carbonyl (C=O) groups excluding carboxylic acids is 1. The molecule has 0 atom stereocenters. The first-order valence-electron chi connectivity index (χ1n) is 8.47. The first-order valence-corrected chi connectivity index (χ1v) is 8.47. The first kappa shape index (κ1) is 20.6. The molecule has 0 aliphatic carbocycles.